The lowest BCUT2D eigenvalue weighted by atomic mass is 10.1. The van der Waals surface area contributed by atoms with Crippen LogP contribution in [0.4, 0.5) is 0 Å². The second kappa shape index (κ2) is 6.65. The van der Waals surface area contributed by atoms with Gasteiger partial charge in [0, 0.05) is 22.5 Å². The molecule has 0 aliphatic carbocycles. The fourth-order valence-corrected chi connectivity index (χ4v) is 3.95. The summed E-state index contributed by atoms with van der Waals surface area (Å²) >= 11 is 1.40. The van der Waals surface area contributed by atoms with E-state index >= 15 is 0 Å². The van der Waals surface area contributed by atoms with Gasteiger partial charge in [0.25, 0.3) is 5.91 Å². The fourth-order valence-electron chi connectivity index (χ4n) is 2.78. The molecule has 1 amide bonds. The Bertz CT molecular complexity index is 781. The second-order valence-corrected chi connectivity index (χ2v) is 7.28. The van der Waals surface area contributed by atoms with E-state index in [1.54, 1.807) is 0 Å². The highest BCUT2D eigenvalue weighted by Gasteiger charge is 2.26. The highest BCUT2D eigenvalue weighted by Crippen LogP contribution is 2.42. The number of ether oxygens (including phenoxy) is 1. The molecule has 0 saturated carbocycles. The maximum atomic E-state index is 12.8. The average Bonchev–Trinajstić information content (AvgIpc) is 2.97. The molecule has 1 aliphatic rings. The van der Waals surface area contributed by atoms with E-state index in [9.17, 15) is 9.59 Å². The summed E-state index contributed by atoms with van der Waals surface area (Å²) in [4.78, 5) is 26.8. The third-order valence-electron chi connectivity index (χ3n) is 3.73. The molecule has 1 N–H and O–H groups in total. The number of aliphatic carboxylic acids is 1. The normalized spacial score (nSPS) is 12.3. The number of carbonyl (C=O) groups is 2. The van der Waals surface area contributed by atoms with Crippen molar-refractivity contribution in [3.8, 4) is 16.2 Å². The fraction of sp³-hybridized carbons (Fsp3) is 0.333. The molecule has 2 aromatic rings. The van der Waals surface area contributed by atoms with Crippen molar-refractivity contribution in [1.29, 1.82) is 0 Å². The van der Waals surface area contributed by atoms with Crippen molar-refractivity contribution in [3.63, 3.8) is 0 Å². The number of carboxylic acids is 1. The number of hydrogen-bond acceptors (Lipinski definition) is 4. The largest absolute Gasteiger partial charge is 0.488 e. The summed E-state index contributed by atoms with van der Waals surface area (Å²) < 4.78 is 5.72. The van der Waals surface area contributed by atoms with Crippen molar-refractivity contribution in [2.24, 2.45) is 5.92 Å². The quantitative estimate of drug-likeness (QED) is 0.901. The molecule has 0 unspecified atom stereocenters. The molecule has 5 nitrogen and oxygen atoms in total. The molecule has 126 valence electrons. The smallest absolute Gasteiger partial charge is 0.323 e. The first kappa shape index (κ1) is 16.5. The highest BCUT2D eigenvalue weighted by atomic mass is 32.1. The summed E-state index contributed by atoms with van der Waals surface area (Å²) in [5.41, 5.74) is 1.96. The van der Waals surface area contributed by atoms with Crippen LogP contribution in [0.2, 0.25) is 0 Å². The lowest BCUT2D eigenvalue weighted by molar-refractivity contribution is -0.137. The van der Waals surface area contributed by atoms with Crippen molar-refractivity contribution >= 4 is 23.2 Å². The first-order valence-corrected chi connectivity index (χ1v) is 8.63. The molecular formula is C18H19NO4S. The Morgan fingerprint density at radius 3 is 2.79 bits per heavy atom. The zero-order valence-corrected chi connectivity index (χ0v) is 14.4. The molecule has 1 aromatic heterocycles. The van der Waals surface area contributed by atoms with Crippen LogP contribution in [0.5, 0.6) is 5.75 Å². The van der Waals surface area contributed by atoms with Crippen LogP contribution >= 0.6 is 11.3 Å². The molecule has 0 spiro atoms. The van der Waals surface area contributed by atoms with E-state index in [1.165, 1.54) is 16.2 Å². The van der Waals surface area contributed by atoms with Gasteiger partial charge in [0.1, 0.15) is 18.9 Å². The van der Waals surface area contributed by atoms with Crippen molar-refractivity contribution in [1.82, 2.24) is 4.90 Å². The van der Waals surface area contributed by atoms with Gasteiger partial charge in [-0.3, -0.25) is 9.59 Å². The van der Waals surface area contributed by atoms with Gasteiger partial charge < -0.3 is 14.7 Å². The molecular weight excluding hydrogens is 326 g/mol. The van der Waals surface area contributed by atoms with Crippen LogP contribution in [0.3, 0.4) is 0 Å². The molecule has 0 atom stereocenters. The maximum absolute atomic E-state index is 12.8. The van der Waals surface area contributed by atoms with Gasteiger partial charge in [-0.2, -0.15) is 0 Å². The van der Waals surface area contributed by atoms with E-state index in [0.717, 1.165) is 21.8 Å². The lowest BCUT2D eigenvalue weighted by Gasteiger charge is -2.21. The first-order chi connectivity index (χ1) is 11.5. The molecule has 6 heteroatoms. The summed E-state index contributed by atoms with van der Waals surface area (Å²) in [5.74, 6) is -0.218. The Balaban J connectivity index is 1.92. The second-order valence-electron chi connectivity index (χ2n) is 6.22. The first-order valence-electron chi connectivity index (χ1n) is 7.81. The van der Waals surface area contributed by atoms with Gasteiger partial charge in [-0.25, -0.2) is 0 Å². The zero-order chi connectivity index (χ0) is 17.3. The number of benzene rings is 1. The van der Waals surface area contributed by atoms with E-state index in [0.29, 0.717) is 18.0 Å². The molecule has 24 heavy (non-hydrogen) atoms. The Morgan fingerprint density at radius 2 is 2.08 bits per heavy atom. The van der Waals surface area contributed by atoms with Gasteiger partial charge >= 0.3 is 5.97 Å². The van der Waals surface area contributed by atoms with E-state index in [4.69, 9.17) is 9.84 Å². The SMILES string of the molecule is CC(C)CN(CC(=O)O)C(=O)c1cc2c(s1)-c1ccccc1OC2. The van der Waals surface area contributed by atoms with Gasteiger partial charge in [0.05, 0.1) is 4.88 Å². The predicted molar refractivity (Wildman–Crippen MR) is 92.5 cm³/mol. The summed E-state index contributed by atoms with van der Waals surface area (Å²) in [6.45, 7) is 4.49. The molecule has 0 saturated heterocycles. The number of carbonyl (C=O) groups excluding carboxylic acids is 1. The average molecular weight is 345 g/mol. The van der Waals surface area contributed by atoms with Crippen LogP contribution in [0.15, 0.2) is 30.3 Å². The van der Waals surface area contributed by atoms with Gasteiger partial charge in [0.2, 0.25) is 0 Å². The van der Waals surface area contributed by atoms with E-state index < -0.39 is 5.97 Å². The van der Waals surface area contributed by atoms with Gasteiger partial charge in [0.15, 0.2) is 0 Å². The maximum Gasteiger partial charge on any atom is 0.323 e. The monoisotopic (exact) mass is 345 g/mol. The van der Waals surface area contributed by atoms with Crippen molar-refractivity contribution in [2.75, 3.05) is 13.1 Å². The molecule has 0 radical (unpaired) electrons. The zero-order valence-electron chi connectivity index (χ0n) is 13.6. The number of hydrogen-bond donors (Lipinski definition) is 1. The van der Waals surface area contributed by atoms with Crippen LogP contribution < -0.4 is 4.74 Å². The topological polar surface area (TPSA) is 66.8 Å². The summed E-state index contributed by atoms with van der Waals surface area (Å²) in [6.07, 6.45) is 0. The Hall–Kier alpha value is -2.34. The molecule has 0 bridgehead atoms. The molecule has 0 fully saturated rings. The lowest BCUT2D eigenvalue weighted by Crippen LogP contribution is -2.37. The van der Waals surface area contributed by atoms with Gasteiger partial charge in [-0.05, 0) is 24.1 Å². The number of nitrogens with zero attached hydrogens (tertiary/aromatic N) is 1. The molecule has 3 rings (SSSR count). The number of rotatable bonds is 5. The standard InChI is InChI=1S/C18H19NO4S/c1-11(2)8-19(9-16(20)21)18(22)15-7-12-10-23-14-6-4-3-5-13(14)17(12)24-15/h3-7,11H,8-10H2,1-2H3,(H,20,21). The van der Waals surface area contributed by atoms with Crippen molar-refractivity contribution in [2.45, 2.75) is 20.5 Å². The summed E-state index contributed by atoms with van der Waals surface area (Å²) in [5, 5.41) is 9.07. The van der Waals surface area contributed by atoms with Crippen LogP contribution in [0.1, 0.15) is 29.1 Å². The van der Waals surface area contributed by atoms with Crippen molar-refractivity contribution in [3.05, 3.63) is 40.8 Å². The molecule has 2 heterocycles. The molecule has 1 aliphatic heterocycles. The third-order valence-corrected chi connectivity index (χ3v) is 4.93. The summed E-state index contributed by atoms with van der Waals surface area (Å²) in [6, 6.07) is 9.57. The van der Waals surface area contributed by atoms with E-state index in [-0.39, 0.29) is 18.4 Å². The van der Waals surface area contributed by atoms with Crippen LogP contribution in [-0.2, 0) is 11.4 Å². The van der Waals surface area contributed by atoms with Crippen LogP contribution in [0, 0.1) is 5.92 Å². The van der Waals surface area contributed by atoms with E-state index in [2.05, 4.69) is 0 Å². The number of carboxylic acid groups (broad SMARTS) is 1. The minimum absolute atomic E-state index is 0.201. The Kier molecular flexibility index (Phi) is 4.57. The van der Waals surface area contributed by atoms with Crippen molar-refractivity contribution < 1.29 is 19.4 Å². The number of fused-ring (bicyclic) bond motifs is 3. The van der Waals surface area contributed by atoms with Gasteiger partial charge in [-0.15, -0.1) is 11.3 Å². The number of amides is 1. The summed E-state index contributed by atoms with van der Waals surface area (Å²) in [7, 11) is 0. The predicted octanol–water partition coefficient (Wildman–Crippen LogP) is 3.49. The third kappa shape index (κ3) is 3.28. The highest BCUT2D eigenvalue weighted by molar-refractivity contribution is 7.17. The van der Waals surface area contributed by atoms with E-state index in [1.807, 2.05) is 44.2 Å². The number of para-hydroxylation sites is 1. The Morgan fingerprint density at radius 1 is 1.33 bits per heavy atom. The minimum atomic E-state index is -1.00. The Labute approximate surface area is 144 Å². The van der Waals surface area contributed by atoms with Crippen LogP contribution in [-0.4, -0.2) is 35.0 Å². The molecule has 1 aromatic carbocycles. The minimum Gasteiger partial charge on any atom is -0.488 e. The van der Waals surface area contributed by atoms with Gasteiger partial charge in [-0.1, -0.05) is 26.0 Å². The number of thiophene rings is 1. The van der Waals surface area contributed by atoms with Crippen LogP contribution in [0.25, 0.3) is 10.4 Å².